The third-order valence-corrected chi connectivity index (χ3v) is 4.19. The zero-order valence-corrected chi connectivity index (χ0v) is 13.4. The molecule has 0 bridgehead atoms. The van der Waals surface area contributed by atoms with Crippen molar-refractivity contribution in [3.05, 3.63) is 23.2 Å². The molecular formula is C15H23ClN4O. The highest BCUT2D eigenvalue weighted by molar-refractivity contribution is 6.31. The van der Waals surface area contributed by atoms with Gasteiger partial charge in [-0.25, -0.2) is 0 Å². The molecule has 1 atom stereocenters. The summed E-state index contributed by atoms with van der Waals surface area (Å²) in [4.78, 5) is 16.9. The quantitative estimate of drug-likeness (QED) is 0.837. The van der Waals surface area contributed by atoms with Crippen LogP contribution in [-0.4, -0.2) is 55.0 Å². The van der Waals surface area contributed by atoms with Crippen molar-refractivity contribution in [3.63, 3.8) is 0 Å². The van der Waals surface area contributed by atoms with Gasteiger partial charge in [-0.15, -0.1) is 0 Å². The maximum absolute atomic E-state index is 12.4. The molecule has 1 amide bonds. The number of halogens is 1. The number of carbonyl (C=O) groups is 1. The Kier molecular flexibility index (Phi) is 5.45. The molecule has 0 radical (unpaired) electrons. The maximum atomic E-state index is 12.4. The Morgan fingerprint density at radius 2 is 2.10 bits per heavy atom. The highest BCUT2D eigenvalue weighted by Crippen LogP contribution is 2.23. The van der Waals surface area contributed by atoms with Gasteiger partial charge in [-0.05, 0) is 45.1 Å². The van der Waals surface area contributed by atoms with Crippen LogP contribution in [0.15, 0.2) is 18.2 Å². The Bertz CT molecular complexity index is 508. The second-order valence-corrected chi connectivity index (χ2v) is 6.03. The Hall–Kier alpha value is -1.30. The molecule has 21 heavy (non-hydrogen) atoms. The summed E-state index contributed by atoms with van der Waals surface area (Å²) in [5.41, 5.74) is 6.97. The van der Waals surface area contributed by atoms with Crippen LogP contribution < -0.4 is 11.1 Å². The fraction of sp³-hybridized carbons (Fsp3) is 0.533. The highest BCUT2D eigenvalue weighted by Gasteiger charge is 2.23. The largest absolute Gasteiger partial charge is 0.397 e. The van der Waals surface area contributed by atoms with E-state index in [-0.39, 0.29) is 11.9 Å². The first-order valence-electron chi connectivity index (χ1n) is 7.26. The molecule has 0 aliphatic carbocycles. The predicted molar refractivity (Wildman–Crippen MR) is 87.6 cm³/mol. The van der Waals surface area contributed by atoms with Crippen LogP contribution in [0.1, 0.15) is 13.3 Å². The lowest BCUT2D eigenvalue weighted by molar-refractivity contribution is -0.120. The maximum Gasteiger partial charge on any atom is 0.241 e. The van der Waals surface area contributed by atoms with E-state index >= 15 is 0 Å². The third kappa shape index (κ3) is 4.33. The van der Waals surface area contributed by atoms with E-state index in [4.69, 9.17) is 17.3 Å². The molecule has 0 saturated carbocycles. The first-order valence-corrected chi connectivity index (χ1v) is 7.63. The van der Waals surface area contributed by atoms with Crippen molar-refractivity contribution >= 4 is 28.9 Å². The van der Waals surface area contributed by atoms with Gasteiger partial charge in [-0.3, -0.25) is 9.69 Å². The molecule has 1 fully saturated rings. The van der Waals surface area contributed by atoms with Crippen molar-refractivity contribution in [2.45, 2.75) is 19.4 Å². The van der Waals surface area contributed by atoms with Gasteiger partial charge in [0, 0.05) is 24.7 Å². The first-order chi connectivity index (χ1) is 9.97. The molecule has 1 aliphatic heterocycles. The smallest absolute Gasteiger partial charge is 0.241 e. The van der Waals surface area contributed by atoms with E-state index in [0.29, 0.717) is 16.4 Å². The highest BCUT2D eigenvalue weighted by atomic mass is 35.5. The molecule has 0 spiro atoms. The van der Waals surface area contributed by atoms with Gasteiger partial charge in [0.25, 0.3) is 0 Å². The van der Waals surface area contributed by atoms with Crippen LogP contribution in [0.2, 0.25) is 5.02 Å². The number of hydrogen-bond donors (Lipinski definition) is 2. The lowest BCUT2D eigenvalue weighted by Gasteiger charge is -2.26. The molecule has 116 valence electrons. The summed E-state index contributed by atoms with van der Waals surface area (Å²) in [7, 11) is 2.11. The summed E-state index contributed by atoms with van der Waals surface area (Å²) >= 11 is 5.86. The summed E-state index contributed by atoms with van der Waals surface area (Å²) in [6, 6.07) is 4.92. The van der Waals surface area contributed by atoms with E-state index in [9.17, 15) is 4.79 Å². The molecule has 1 aromatic rings. The van der Waals surface area contributed by atoms with E-state index < -0.39 is 0 Å². The van der Waals surface area contributed by atoms with Crippen molar-refractivity contribution in [1.29, 1.82) is 0 Å². The summed E-state index contributed by atoms with van der Waals surface area (Å²) in [6.07, 6.45) is 1.08. The van der Waals surface area contributed by atoms with E-state index in [0.717, 1.165) is 32.6 Å². The second-order valence-electron chi connectivity index (χ2n) is 5.59. The van der Waals surface area contributed by atoms with Crippen molar-refractivity contribution in [2.24, 2.45) is 0 Å². The average Bonchev–Trinajstić information content (AvgIpc) is 2.66. The van der Waals surface area contributed by atoms with Crippen molar-refractivity contribution < 1.29 is 4.79 Å². The predicted octanol–water partition coefficient (Wildman–Crippen LogP) is 1.89. The molecule has 1 heterocycles. The van der Waals surface area contributed by atoms with Crippen LogP contribution in [0, 0.1) is 0 Å². The van der Waals surface area contributed by atoms with Gasteiger partial charge in [-0.1, -0.05) is 11.6 Å². The van der Waals surface area contributed by atoms with Crippen molar-refractivity contribution in [2.75, 3.05) is 44.3 Å². The van der Waals surface area contributed by atoms with Crippen molar-refractivity contribution in [3.8, 4) is 0 Å². The minimum absolute atomic E-state index is 0.0337. The molecule has 0 aromatic heterocycles. The normalized spacial score (nSPS) is 19.0. The SMILES string of the molecule is CC(C(=O)Nc1ccc(Cl)cc1N)N1CCCN(C)CC1. The van der Waals surface area contributed by atoms with Gasteiger partial charge in [-0.2, -0.15) is 0 Å². The van der Waals surface area contributed by atoms with Crippen molar-refractivity contribution in [1.82, 2.24) is 9.80 Å². The fourth-order valence-corrected chi connectivity index (χ4v) is 2.68. The van der Waals surface area contributed by atoms with Crippen LogP contribution in [0.4, 0.5) is 11.4 Å². The number of nitrogens with zero attached hydrogens (tertiary/aromatic N) is 2. The molecule has 1 aliphatic rings. The van der Waals surface area contributed by atoms with Gasteiger partial charge < -0.3 is 16.0 Å². The lowest BCUT2D eigenvalue weighted by atomic mass is 10.2. The Labute approximate surface area is 131 Å². The summed E-state index contributed by atoms with van der Waals surface area (Å²) < 4.78 is 0. The molecule has 5 nitrogen and oxygen atoms in total. The number of nitrogen functional groups attached to an aromatic ring is 1. The fourth-order valence-electron chi connectivity index (χ4n) is 2.50. The number of likely N-dealkylation sites (N-methyl/N-ethyl adjacent to an activating group) is 1. The number of nitrogens with two attached hydrogens (primary N) is 1. The van der Waals surface area contributed by atoms with Gasteiger partial charge in [0.05, 0.1) is 17.4 Å². The first kappa shape index (κ1) is 16.1. The van der Waals surface area contributed by atoms with E-state index in [1.54, 1.807) is 18.2 Å². The minimum atomic E-state index is -0.174. The van der Waals surface area contributed by atoms with E-state index in [1.807, 2.05) is 6.92 Å². The Balaban J connectivity index is 1.98. The number of anilines is 2. The van der Waals surface area contributed by atoms with Crippen LogP contribution in [-0.2, 0) is 4.79 Å². The molecule has 1 unspecified atom stereocenters. The van der Waals surface area contributed by atoms with E-state index in [2.05, 4.69) is 22.2 Å². The monoisotopic (exact) mass is 310 g/mol. The number of nitrogens with one attached hydrogen (secondary N) is 1. The molecule has 1 saturated heterocycles. The topological polar surface area (TPSA) is 61.6 Å². The molecule has 3 N–H and O–H groups in total. The van der Waals surface area contributed by atoms with Gasteiger partial charge >= 0.3 is 0 Å². The molecule has 1 aromatic carbocycles. The number of amides is 1. The second kappa shape index (κ2) is 7.11. The average molecular weight is 311 g/mol. The van der Waals surface area contributed by atoms with Gasteiger partial charge in [0.15, 0.2) is 0 Å². The van der Waals surface area contributed by atoms with Crippen LogP contribution in [0.3, 0.4) is 0 Å². The van der Waals surface area contributed by atoms with Gasteiger partial charge in [0.1, 0.15) is 0 Å². The standard InChI is InChI=1S/C15H23ClN4O/c1-11(20-7-3-6-19(2)8-9-20)15(21)18-14-5-4-12(16)10-13(14)17/h4-5,10-11H,3,6-9,17H2,1-2H3,(H,18,21). The lowest BCUT2D eigenvalue weighted by Crippen LogP contribution is -2.43. The Morgan fingerprint density at radius 3 is 2.81 bits per heavy atom. The minimum Gasteiger partial charge on any atom is -0.397 e. The van der Waals surface area contributed by atoms with Gasteiger partial charge in [0.2, 0.25) is 5.91 Å². The summed E-state index contributed by atoms with van der Waals surface area (Å²) in [5.74, 6) is -0.0337. The number of rotatable bonds is 3. The summed E-state index contributed by atoms with van der Waals surface area (Å²) in [6.45, 7) is 5.85. The van der Waals surface area contributed by atoms with Crippen LogP contribution >= 0.6 is 11.6 Å². The third-order valence-electron chi connectivity index (χ3n) is 3.95. The Morgan fingerprint density at radius 1 is 1.33 bits per heavy atom. The van der Waals surface area contributed by atoms with Crippen LogP contribution in [0.25, 0.3) is 0 Å². The molecule has 2 rings (SSSR count). The van der Waals surface area contributed by atoms with Crippen LogP contribution in [0.5, 0.6) is 0 Å². The summed E-state index contributed by atoms with van der Waals surface area (Å²) in [5, 5.41) is 3.45. The number of carbonyl (C=O) groups excluding carboxylic acids is 1. The molecular weight excluding hydrogens is 288 g/mol. The number of hydrogen-bond acceptors (Lipinski definition) is 4. The zero-order valence-electron chi connectivity index (χ0n) is 12.6. The molecule has 6 heteroatoms. The number of benzene rings is 1. The zero-order chi connectivity index (χ0) is 15.4. The van der Waals surface area contributed by atoms with E-state index in [1.165, 1.54) is 0 Å².